The molecule has 1 N–H and O–H groups in total. The van der Waals surface area contributed by atoms with Gasteiger partial charge in [0.1, 0.15) is 11.6 Å². The molecule has 0 aliphatic rings. The first-order valence-corrected chi connectivity index (χ1v) is 6.71. The van der Waals surface area contributed by atoms with Crippen molar-refractivity contribution in [1.29, 1.82) is 0 Å². The van der Waals surface area contributed by atoms with Crippen LogP contribution in [-0.4, -0.2) is 5.91 Å². The molecular formula is C14H13F2NOS. The molecule has 0 unspecified atom stereocenters. The summed E-state index contributed by atoms with van der Waals surface area (Å²) in [6.45, 7) is 1.67. The van der Waals surface area contributed by atoms with E-state index in [0.717, 1.165) is 10.9 Å². The molecule has 1 aromatic heterocycles. The van der Waals surface area contributed by atoms with Crippen molar-refractivity contribution in [2.75, 3.05) is 0 Å². The lowest BCUT2D eigenvalue weighted by atomic mass is 10.1. The highest BCUT2D eigenvalue weighted by atomic mass is 32.1. The molecule has 1 amide bonds. The van der Waals surface area contributed by atoms with Crippen LogP contribution in [0.4, 0.5) is 8.78 Å². The summed E-state index contributed by atoms with van der Waals surface area (Å²) in [6.07, 6.45) is 0.269. The third-order valence-electron chi connectivity index (χ3n) is 2.72. The molecule has 5 heteroatoms. The zero-order chi connectivity index (χ0) is 13.8. The summed E-state index contributed by atoms with van der Waals surface area (Å²) in [4.78, 5) is 12.7. The van der Waals surface area contributed by atoms with Crippen LogP contribution in [0.1, 0.15) is 23.4 Å². The van der Waals surface area contributed by atoms with Gasteiger partial charge in [0.2, 0.25) is 5.91 Å². The van der Waals surface area contributed by atoms with Crippen molar-refractivity contribution < 1.29 is 13.6 Å². The molecule has 2 rings (SSSR count). The standard InChI is InChI=1S/C14H13F2NOS/c1-9(12-5-4-10(15)7-13(12)16)17-14(18)8-11-3-2-6-19-11/h2-7,9H,8H2,1H3,(H,17,18)/t9-/m0/s1. The number of halogens is 2. The molecule has 0 aliphatic carbocycles. The molecule has 0 spiro atoms. The van der Waals surface area contributed by atoms with E-state index in [1.165, 1.54) is 23.5 Å². The lowest BCUT2D eigenvalue weighted by Gasteiger charge is -2.14. The Kier molecular flexibility index (Phi) is 4.27. The highest BCUT2D eigenvalue weighted by Gasteiger charge is 2.14. The molecule has 0 aliphatic heterocycles. The van der Waals surface area contributed by atoms with Gasteiger partial charge in [-0.2, -0.15) is 0 Å². The minimum absolute atomic E-state index is 0.182. The van der Waals surface area contributed by atoms with Gasteiger partial charge in [-0.25, -0.2) is 8.78 Å². The number of hydrogen-bond donors (Lipinski definition) is 1. The molecule has 0 radical (unpaired) electrons. The van der Waals surface area contributed by atoms with Gasteiger partial charge < -0.3 is 5.32 Å². The van der Waals surface area contributed by atoms with Crippen molar-refractivity contribution >= 4 is 17.2 Å². The van der Waals surface area contributed by atoms with E-state index in [1.54, 1.807) is 6.92 Å². The first-order valence-electron chi connectivity index (χ1n) is 5.83. The average Bonchev–Trinajstić information content (AvgIpc) is 2.81. The number of amides is 1. The van der Waals surface area contributed by atoms with Crippen LogP contribution >= 0.6 is 11.3 Å². The number of rotatable bonds is 4. The second-order valence-corrected chi connectivity index (χ2v) is 5.24. The Bertz CT molecular complexity index is 569. The molecule has 2 aromatic rings. The summed E-state index contributed by atoms with van der Waals surface area (Å²) < 4.78 is 26.3. The van der Waals surface area contributed by atoms with E-state index >= 15 is 0 Å². The molecular weight excluding hydrogens is 268 g/mol. The van der Waals surface area contributed by atoms with Crippen molar-refractivity contribution in [3.8, 4) is 0 Å². The Morgan fingerprint density at radius 2 is 2.16 bits per heavy atom. The van der Waals surface area contributed by atoms with E-state index < -0.39 is 17.7 Å². The van der Waals surface area contributed by atoms with E-state index in [-0.39, 0.29) is 17.9 Å². The molecule has 1 atom stereocenters. The summed E-state index contributed by atoms with van der Waals surface area (Å²) in [5.41, 5.74) is 0.279. The van der Waals surface area contributed by atoms with Gasteiger partial charge in [0, 0.05) is 16.5 Å². The van der Waals surface area contributed by atoms with E-state index in [4.69, 9.17) is 0 Å². The molecule has 100 valence electrons. The van der Waals surface area contributed by atoms with Gasteiger partial charge in [-0.1, -0.05) is 12.1 Å². The maximum atomic E-state index is 13.5. The van der Waals surface area contributed by atoms with Gasteiger partial charge in [0.05, 0.1) is 12.5 Å². The maximum Gasteiger partial charge on any atom is 0.225 e. The number of nitrogens with one attached hydrogen (secondary N) is 1. The molecule has 0 saturated carbocycles. The van der Waals surface area contributed by atoms with Crippen molar-refractivity contribution in [3.63, 3.8) is 0 Å². The second kappa shape index (κ2) is 5.93. The SMILES string of the molecule is C[C@H](NC(=O)Cc1cccs1)c1ccc(F)cc1F. The first kappa shape index (κ1) is 13.7. The Hall–Kier alpha value is -1.75. The van der Waals surface area contributed by atoms with Gasteiger partial charge >= 0.3 is 0 Å². The molecule has 2 nitrogen and oxygen atoms in total. The normalized spacial score (nSPS) is 12.2. The number of thiophene rings is 1. The smallest absolute Gasteiger partial charge is 0.225 e. The van der Waals surface area contributed by atoms with E-state index in [1.807, 2.05) is 17.5 Å². The van der Waals surface area contributed by atoms with Crippen molar-refractivity contribution in [2.45, 2.75) is 19.4 Å². The number of carbonyl (C=O) groups excluding carboxylic acids is 1. The molecule has 1 aromatic carbocycles. The summed E-state index contributed by atoms with van der Waals surface area (Å²) in [5, 5.41) is 4.59. The zero-order valence-corrected chi connectivity index (χ0v) is 11.1. The highest BCUT2D eigenvalue weighted by Crippen LogP contribution is 2.18. The van der Waals surface area contributed by atoms with Gasteiger partial charge in [-0.3, -0.25) is 4.79 Å². The molecule has 0 bridgehead atoms. The Morgan fingerprint density at radius 1 is 1.37 bits per heavy atom. The van der Waals surface area contributed by atoms with Crippen LogP contribution in [0.15, 0.2) is 35.7 Å². The van der Waals surface area contributed by atoms with Crippen LogP contribution in [0, 0.1) is 11.6 Å². The predicted molar refractivity (Wildman–Crippen MR) is 70.9 cm³/mol. The molecule has 0 fully saturated rings. The Morgan fingerprint density at radius 3 is 2.79 bits per heavy atom. The van der Waals surface area contributed by atoms with Gasteiger partial charge in [-0.05, 0) is 24.4 Å². The van der Waals surface area contributed by atoms with E-state index in [2.05, 4.69) is 5.32 Å². The van der Waals surface area contributed by atoms with E-state index in [9.17, 15) is 13.6 Å². The van der Waals surface area contributed by atoms with Gasteiger partial charge in [0.15, 0.2) is 0 Å². The number of hydrogen-bond acceptors (Lipinski definition) is 2. The summed E-state index contributed by atoms with van der Waals surface area (Å²) in [6, 6.07) is 6.59. The van der Waals surface area contributed by atoms with Crippen LogP contribution < -0.4 is 5.32 Å². The van der Waals surface area contributed by atoms with Crippen molar-refractivity contribution in [2.24, 2.45) is 0 Å². The third kappa shape index (κ3) is 3.61. The Balaban J connectivity index is 2.00. The average molecular weight is 281 g/mol. The topological polar surface area (TPSA) is 29.1 Å². The fourth-order valence-electron chi connectivity index (χ4n) is 1.79. The highest BCUT2D eigenvalue weighted by molar-refractivity contribution is 7.10. The van der Waals surface area contributed by atoms with Crippen molar-refractivity contribution in [1.82, 2.24) is 5.32 Å². The maximum absolute atomic E-state index is 13.5. The third-order valence-corrected chi connectivity index (χ3v) is 3.60. The van der Waals surface area contributed by atoms with Crippen LogP contribution in [0.2, 0.25) is 0 Å². The largest absolute Gasteiger partial charge is 0.349 e. The summed E-state index contributed by atoms with van der Waals surface area (Å²) >= 11 is 1.49. The minimum atomic E-state index is -0.649. The lowest BCUT2D eigenvalue weighted by molar-refractivity contribution is -0.121. The predicted octanol–water partition coefficient (Wildman–Crippen LogP) is 3.45. The molecule has 19 heavy (non-hydrogen) atoms. The first-order chi connectivity index (χ1) is 9.06. The van der Waals surface area contributed by atoms with Gasteiger partial charge in [0.25, 0.3) is 0 Å². The summed E-state index contributed by atoms with van der Waals surface area (Å²) in [5.74, 6) is -1.46. The van der Waals surface area contributed by atoms with Crippen LogP contribution in [0.5, 0.6) is 0 Å². The van der Waals surface area contributed by atoms with Crippen LogP contribution in [0.3, 0.4) is 0 Å². The quantitative estimate of drug-likeness (QED) is 0.913. The Labute approximate surface area is 114 Å². The van der Waals surface area contributed by atoms with E-state index in [0.29, 0.717) is 0 Å². The fraction of sp³-hybridized carbons (Fsp3) is 0.214. The second-order valence-electron chi connectivity index (χ2n) is 4.21. The van der Waals surface area contributed by atoms with Gasteiger partial charge in [-0.15, -0.1) is 11.3 Å². The zero-order valence-electron chi connectivity index (χ0n) is 10.3. The summed E-state index contributed by atoms with van der Waals surface area (Å²) in [7, 11) is 0. The van der Waals surface area contributed by atoms with Crippen LogP contribution in [0.25, 0.3) is 0 Å². The minimum Gasteiger partial charge on any atom is -0.349 e. The number of carbonyl (C=O) groups is 1. The molecule has 0 saturated heterocycles. The number of benzene rings is 1. The monoisotopic (exact) mass is 281 g/mol. The van der Waals surface area contributed by atoms with Crippen LogP contribution in [-0.2, 0) is 11.2 Å². The molecule has 1 heterocycles. The fourth-order valence-corrected chi connectivity index (χ4v) is 2.50. The van der Waals surface area contributed by atoms with Crippen molar-refractivity contribution in [3.05, 3.63) is 57.8 Å². The lowest BCUT2D eigenvalue weighted by Crippen LogP contribution is -2.28.